The van der Waals surface area contributed by atoms with Crippen LogP contribution in [-0.2, 0) is 4.74 Å². The van der Waals surface area contributed by atoms with Gasteiger partial charge < -0.3 is 14.9 Å². The van der Waals surface area contributed by atoms with Gasteiger partial charge in [0, 0.05) is 23.1 Å². The first-order valence-corrected chi connectivity index (χ1v) is 5.79. The lowest BCUT2D eigenvalue weighted by Gasteiger charge is -2.24. The smallest absolute Gasteiger partial charge is 0.330 e. The number of aromatic amines is 1. The highest BCUT2D eigenvalue weighted by Crippen LogP contribution is 2.41. The molecule has 0 bridgehead atoms. The monoisotopic (exact) mass is 283 g/mol. The van der Waals surface area contributed by atoms with Gasteiger partial charge in [0.05, 0.1) is 12.7 Å². The van der Waals surface area contributed by atoms with E-state index in [2.05, 4.69) is 15.0 Å². The molecule has 0 saturated carbocycles. The van der Waals surface area contributed by atoms with Crippen LogP contribution in [0, 0.1) is 5.92 Å². The van der Waals surface area contributed by atoms with Crippen molar-refractivity contribution in [2.24, 2.45) is 11.0 Å². The van der Waals surface area contributed by atoms with Crippen molar-refractivity contribution < 1.29 is 14.9 Å². The number of rotatable bonds is 3. The number of H-pyrrole nitrogens is 1. The van der Waals surface area contributed by atoms with Gasteiger partial charge in [0.2, 0.25) is 0 Å². The molecule has 4 atom stereocenters. The highest BCUT2D eigenvalue weighted by atomic mass is 16.6. The highest BCUT2D eigenvalue weighted by molar-refractivity contribution is 4.99. The second kappa shape index (κ2) is 5.10. The SMILES string of the molecule is CC1C(n2ccc(=O)[nH]c2=O)OC(CO)(N=[N+]=[N-])C1O. The molecule has 0 radical (unpaired) electrons. The Balaban J connectivity index is 2.47. The van der Waals surface area contributed by atoms with Crippen LogP contribution in [0.15, 0.2) is 27.0 Å². The van der Waals surface area contributed by atoms with E-state index in [4.69, 9.17) is 10.3 Å². The third-order valence-corrected chi connectivity index (χ3v) is 3.30. The standard InChI is InChI=1S/C10H13N5O5/c1-5-7(18)10(4-16,13-14-11)20-8(5)15-3-2-6(17)12-9(15)19/h2-3,5,7-8,16,18H,4H2,1H3,(H,12,17,19). The summed E-state index contributed by atoms with van der Waals surface area (Å²) in [5.74, 6) is -0.642. The molecular formula is C10H13N5O5. The molecule has 20 heavy (non-hydrogen) atoms. The minimum Gasteiger partial charge on any atom is -0.393 e. The molecule has 0 aliphatic carbocycles. The average molecular weight is 283 g/mol. The van der Waals surface area contributed by atoms with E-state index in [0.29, 0.717) is 0 Å². The lowest BCUT2D eigenvalue weighted by Crippen LogP contribution is -2.42. The maximum absolute atomic E-state index is 11.7. The third-order valence-electron chi connectivity index (χ3n) is 3.30. The molecule has 1 aliphatic heterocycles. The first-order valence-electron chi connectivity index (χ1n) is 5.79. The molecule has 2 rings (SSSR count). The van der Waals surface area contributed by atoms with Gasteiger partial charge in [-0.3, -0.25) is 14.3 Å². The molecule has 0 spiro atoms. The number of azide groups is 1. The summed E-state index contributed by atoms with van der Waals surface area (Å²) in [6, 6.07) is 1.12. The number of aliphatic hydroxyl groups is 2. The first kappa shape index (κ1) is 14.3. The van der Waals surface area contributed by atoms with Gasteiger partial charge in [0.15, 0.2) is 5.72 Å². The molecule has 10 nitrogen and oxygen atoms in total. The quantitative estimate of drug-likeness (QED) is 0.371. The molecule has 1 saturated heterocycles. The number of aliphatic hydroxyl groups excluding tert-OH is 2. The molecule has 0 aromatic carbocycles. The second-order valence-corrected chi connectivity index (χ2v) is 4.52. The Morgan fingerprint density at radius 2 is 2.35 bits per heavy atom. The Hall–Kier alpha value is -2.13. The molecule has 3 N–H and O–H groups in total. The van der Waals surface area contributed by atoms with E-state index in [1.807, 2.05) is 0 Å². The molecule has 1 aromatic heterocycles. The van der Waals surface area contributed by atoms with Gasteiger partial charge in [0.25, 0.3) is 5.56 Å². The Morgan fingerprint density at radius 1 is 1.65 bits per heavy atom. The van der Waals surface area contributed by atoms with Crippen LogP contribution in [0.3, 0.4) is 0 Å². The van der Waals surface area contributed by atoms with Crippen molar-refractivity contribution in [2.45, 2.75) is 25.0 Å². The lowest BCUT2D eigenvalue weighted by atomic mass is 9.98. The van der Waals surface area contributed by atoms with Crippen LogP contribution in [-0.4, -0.2) is 38.2 Å². The summed E-state index contributed by atoms with van der Waals surface area (Å²) in [5.41, 5.74) is 5.37. The summed E-state index contributed by atoms with van der Waals surface area (Å²) >= 11 is 0. The maximum Gasteiger partial charge on any atom is 0.330 e. The lowest BCUT2D eigenvalue weighted by molar-refractivity contribution is -0.124. The van der Waals surface area contributed by atoms with Crippen molar-refractivity contribution in [3.63, 3.8) is 0 Å². The third kappa shape index (κ3) is 2.10. The second-order valence-electron chi connectivity index (χ2n) is 4.52. The van der Waals surface area contributed by atoms with Gasteiger partial charge in [-0.05, 0) is 5.53 Å². The predicted octanol–water partition coefficient (Wildman–Crippen LogP) is -0.939. The van der Waals surface area contributed by atoms with E-state index >= 15 is 0 Å². The van der Waals surface area contributed by atoms with Crippen LogP contribution >= 0.6 is 0 Å². The van der Waals surface area contributed by atoms with Crippen molar-refractivity contribution in [3.05, 3.63) is 43.5 Å². The largest absolute Gasteiger partial charge is 0.393 e. The normalized spacial score (nSPS) is 32.9. The summed E-state index contributed by atoms with van der Waals surface area (Å²) in [4.78, 5) is 27.3. The average Bonchev–Trinajstić information content (AvgIpc) is 2.65. The van der Waals surface area contributed by atoms with E-state index in [1.165, 1.54) is 6.20 Å². The summed E-state index contributed by atoms with van der Waals surface area (Å²) in [6.45, 7) is 0.828. The van der Waals surface area contributed by atoms with E-state index in [0.717, 1.165) is 10.6 Å². The molecule has 1 aliphatic rings. The minimum atomic E-state index is -1.85. The Kier molecular flexibility index (Phi) is 3.64. The van der Waals surface area contributed by atoms with Crippen LogP contribution in [0.25, 0.3) is 10.4 Å². The van der Waals surface area contributed by atoms with Gasteiger partial charge in [0.1, 0.15) is 6.23 Å². The Morgan fingerprint density at radius 3 is 2.90 bits per heavy atom. The van der Waals surface area contributed by atoms with Gasteiger partial charge in [-0.2, -0.15) is 0 Å². The zero-order valence-electron chi connectivity index (χ0n) is 10.5. The Labute approximate surface area is 111 Å². The number of ether oxygens (including phenoxy) is 1. The number of hydrogen-bond acceptors (Lipinski definition) is 6. The van der Waals surface area contributed by atoms with Crippen molar-refractivity contribution in [3.8, 4) is 0 Å². The fourth-order valence-electron chi connectivity index (χ4n) is 2.21. The molecule has 1 fully saturated rings. The van der Waals surface area contributed by atoms with E-state index in [1.54, 1.807) is 6.92 Å². The number of aromatic nitrogens is 2. The van der Waals surface area contributed by atoms with Crippen molar-refractivity contribution in [1.82, 2.24) is 9.55 Å². The summed E-state index contributed by atoms with van der Waals surface area (Å²) in [5, 5.41) is 22.7. The topological polar surface area (TPSA) is 153 Å². The molecule has 10 heteroatoms. The van der Waals surface area contributed by atoms with Crippen molar-refractivity contribution in [1.29, 1.82) is 0 Å². The number of nitrogens with one attached hydrogen (secondary N) is 1. The van der Waals surface area contributed by atoms with Gasteiger partial charge >= 0.3 is 5.69 Å². The Bertz CT molecular complexity index is 662. The zero-order valence-corrected chi connectivity index (χ0v) is 10.5. The van der Waals surface area contributed by atoms with Gasteiger partial charge in [-0.15, -0.1) is 0 Å². The fraction of sp³-hybridized carbons (Fsp3) is 0.600. The summed E-state index contributed by atoms with van der Waals surface area (Å²) in [7, 11) is 0. The van der Waals surface area contributed by atoms with Crippen molar-refractivity contribution >= 4 is 0 Å². The van der Waals surface area contributed by atoms with Gasteiger partial charge in [-0.1, -0.05) is 12.0 Å². The predicted molar refractivity (Wildman–Crippen MR) is 65.6 cm³/mol. The van der Waals surface area contributed by atoms with Gasteiger partial charge in [-0.25, -0.2) is 4.79 Å². The summed E-state index contributed by atoms with van der Waals surface area (Å²) < 4.78 is 6.45. The molecule has 0 amide bonds. The fourth-order valence-corrected chi connectivity index (χ4v) is 2.21. The summed E-state index contributed by atoms with van der Waals surface area (Å²) in [6.07, 6.45) is -1.07. The van der Waals surface area contributed by atoms with Crippen LogP contribution in [0.2, 0.25) is 0 Å². The van der Waals surface area contributed by atoms with Crippen LogP contribution < -0.4 is 11.2 Å². The zero-order chi connectivity index (χ0) is 14.9. The number of nitrogens with zero attached hydrogens (tertiary/aromatic N) is 4. The number of hydrogen-bond donors (Lipinski definition) is 3. The van der Waals surface area contributed by atoms with Crippen LogP contribution in [0.1, 0.15) is 13.2 Å². The van der Waals surface area contributed by atoms with Crippen LogP contribution in [0.4, 0.5) is 0 Å². The molecule has 1 aromatic rings. The molecule has 2 heterocycles. The first-order chi connectivity index (χ1) is 9.45. The van der Waals surface area contributed by atoms with Crippen LogP contribution in [0.5, 0.6) is 0 Å². The highest BCUT2D eigenvalue weighted by Gasteiger charge is 2.53. The van der Waals surface area contributed by atoms with E-state index < -0.39 is 41.8 Å². The van der Waals surface area contributed by atoms with E-state index in [9.17, 15) is 19.8 Å². The molecule has 108 valence electrons. The minimum absolute atomic E-state index is 0.569. The molecule has 4 unspecified atom stereocenters. The van der Waals surface area contributed by atoms with Crippen molar-refractivity contribution in [2.75, 3.05) is 6.61 Å². The molecular weight excluding hydrogens is 270 g/mol. The maximum atomic E-state index is 11.7. The van der Waals surface area contributed by atoms with E-state index in [-0.39, 0.29) is 0 Å².